The van der Waals surface area contributed by atoms with Gasteiger partial charge < -0.3 is 4.55 Å². The van der Waals surface area contributed by atoms with Gasteiger partial charge in [0.25, 0.3) is 0 Å². The summed E-state index contributed by atoms with van der Waals surface area (Å²) in [5.41, 5.74) is 0. The average molecular weight is 502 g/mol. The van der Waals surface area contributed by atoms with Crippen LogP contribution in [-0.2, 0) is 10.1 Å². The molecule has 0 rings (SSSR count). The fourth-order valence-electron chi connectivity index (χ4n) is 1.47. The van der Waals surface area contributed by atoms with E-state index in [9.17, 15) is 83.2 Å². The van der Waals surface area contributed by atoms with Crippen molar-refractivity contribution in [2.45, 2.75) is 53.6 Å². The van der Waals surface area contributed by atoms with E-state index >= 15 is 0 Å². The second kappa shape index (κ2) is 8.06. The zero-order valence-corrected chi connectivity index (χ0v) is 14.3. The second-order valence-electron chi connectivity index (χ2n) is 5.18. The van der Waals surface area contributed by atoms with Crippen LogP contribution in [0.15, 0.2) is 0 Å². The molecule has 0 aliphatic rings. The number of rotatable bonds is 8. The van der Waals surface area contributed by atoms with E-state index < -0.39 is 63.8 Å². The Morgan fingerprint density at radius 1 is 0.633 bits per heavy atom. The maximum atomic E-state index is 13.1. The summed E-state index contributed by atoms with van der Waals surface area (Å²) in [5.74, 6) is -41.1. The van der Waals surface area contributed by atoms with Crippen LogP contribution >= 0.6 is 0 Å². The van der Waals surface area contributed by atoms with Gasteiger partial charge in [-0.3, -0.25) is 0 Å². The fraction of sp³-hybridized carbons (Fsp3) is 1.00. The van der Waals surface area contributed by atoms with Crippen LogP contribution in [0.4, 0.5) is 70.2 Å². The molecule has 176 valence electrons. The van der Waals surface area contributed by atoms with Gasteiger partial charge in [-0.05, 0) is 0 Å². The third kappa shape index (κ3) is 4.60. The third-order valence-corrected chi connectivity index (χ3v) is 3.97. The maximum absolute atomic E-state index is 13.1. The van der Waals surface area contributed by atoms with Gasteiger partial charge in [0.2, 0.25) is 0 Å². The minimum absolute atomic E-state index is 0. The topological polar surface area (TPSA) is 57.2 Å². The minimum Gasteiger partial charge on any atom is -0.743 e. The zero-order valence-electron chi connectivity index (χ0n) is 13.5. The Balaban J connectivity index is 0. The first kappa shape index (κ1) is 31.6. The molecular formula is C9H3F16LiO3S. The van der Waals surface area contributed by atoms with Crippen molar-refractivity contribution in [2.24, 2.45) is 0 Å². The summed E-state index contributed by atoms with van der Waals surface area (Å²) in [5, 5.41) is -7.81. The molecule has 0 N–H and O–H groups in total. The molecule has 0 spiro atoms. The summed E-state index contributed by atoms with van der Waals surface area (Å²) in [7, 11) is -8.03. The Kier molecular flexibility index (Phi) is 8.49. The largest absolute Gasteiger partial charge is 1.00 e. The van der Waals surface area contributed by atoms with Gasteiger partial charge >= 0.3 is 59.9 Å². The molecule has 0 fully saturated rings. The Morgan fingerprint density at radius 2 is 0.933 bits per heavy atom. The van der Waals surface area contributed by atoms with Gasteiger partial charge in [0, 0.05) is 0 Å². The molecule has 0 heterocycles. The van der Waals surface area contributed by atoms with Crippen molar-refractivity contribution in [2.75, 3.05) is 0 Å². The van der Waals surface area contributed by atoms with Crippen molar-refractivity contribution >= 4 is 10.1 Å². The first-order valence-corrected chi connectivity index (χ1v) is 7.47. The molecule has 0 bridgehead atoms. The SMILES string of the molecule is O=S(=O)([O-])C(F)(F)C(F)(F)C(F)(F)C(F)(F)C(F)(F)C(F)(F)C(F)CC(F)(F)F.[Li+]. The van der Waals surface area contributed by atoms with Gasteiger partial charge in [-0.2, -0.15) is 65.9 Å². The molecule has 0 aromatic heterocycles. The van der Waals surface area contributed by atoms with Gasteiger partial charge in [-0.25, -0.2) is 12.8 Å². The van der Waals surface area contributed by atoms with E-state index in [4.69, 9.17) is 0 Å². The summed E-state index contributed by atoms with van der Waals surface area (Å²) < 4.78 is 234. The molecule has 0 aromatic rings. The van der Waals surface area contributed by atoms with Crippen LogP contribution in [0.1, 0.15) is 6.42 Å². The van der Waals surface area contributed by atoms with Crippen LogP contribution in [0, 0.1) is 0 Å². The number of alkyl halides is 16. The Bertz CT molecular complexity index is 714. The van der Waals surface area contributed by atoms with Crippen molar-refractivity contribution in [1.82, 2.24) is 0 Å². The Hall–Kier alpha value is -0.613. The van der Waals surface area contributed by atoms with Crippen molar-refractivity contribution in [3.8, 4) is 0 Å². The number of hydrogen-bond donors (Lipinski definition) is 0. The molecule has 30 heavy (non-hydrogen) atoms. The van der Waals surface area contributed by atoms with Crippen molar-refractivity contribution < 1.29 is 102 Å². The van der Waals surface area contributed by atoms with E-state index in [1.165, 1.54) is 0 Å². The number of halogens is 16. The molecule has 1 unspecified atom stereocenters. The van der Waals surface area contributed by atoms with Gasteiger partial charge in [0.15, 0.2) is 16.3 Å². The molecular weight excluding hydrogens is 499 g/mol. The summed E-state index contributed by atoms with van der Waals surface area (Å²) in [6.07, 6.45) is -15.3. The molecule has 21 heteroatoms. The fourth-order valence-corrected chi connectivity index (χ4v) is 1.91. The minimum atomic E-state index is -8.54. The van der Waals surface area contributed by atoms with E-state index in [0.717, 1.165) is 0 Å². The van der Waals surface area contributed by atoms with E-state index in [0.29, 0.717) is 0 Å². The predicted molar refractivity (Wildman–Crippen MR) is 54.9 cm³/mol. The first-order chi connectivity index (χ1) is 12.1. The van der Waals surface area contributed by atoms with Gasteiger partial charge in [-0.1, -0.05) is 0 Å². The molecule has 0 aliphatic carbocycles. The van der Waals surface area contributed by atoms with Crippen LogP contribution in [0.3, 0.4) is 0 Å². The van der Waals surface area contributed by atoms with Crippen LogP contribution in [0.5, 0.6) is 0 Å². The molecule has 0 saturated carbocycles. The Morgan fingerprint density at radius 3 is 1.20 bits per heavy atom. The average Bonchev–Trinajstić information content (AvgIpc) is 2.42. The molecule has 0 radical (unpaired) electrons. The number of hydrogen-bond acceptors (Lipinski definition) is 3. The van der Waals surface area contributed by atoms with Crippen LogP contribution < -0.4 is 18.9 Å². The van der Waals surface area contributed by atoms with E-state index in [-0.39, 0.29) is 18.9 Å². The smallest absolute Gasteiger partial charge is 0.743 e. The van der Waals surface area contributed by atoms with E-state index in [1.54, 1.807) is 0 Å². The van der Waals surface area contributed by atoms with Crippen molar-refractivity contribution in [1.29, 1.82) is 0 Å². The summed E-state index contributed by atoms with van der Waals surface area (Å²) in [6.45, 7) is 0. The zero-order chi connectivity index (χ0) is 24.3. The predicted octanol–water partition coefficient (Wildman–Crippen LogP) is 1.60. The molecule has 3 nitrogen and oxygen atoms in total. The maximum Gasteiger partial charge on any atom is 1.00 e. The monoisotopic (exact) mass is 502 g/mol. The summed E-state index contributed by atoms with van der Waals surface area (Å²) in [4.78, 5) is 0. The normalized spacial score (nSPS) is 16.8. The molecule has 0 aliphatic heterocycles. The molecule has 0 amide bonds. The third-order valence-electron chi connectivity index (χ3n) is 3.09. The van der Waals surface area contributed by atoms with Crippen LogP contribution in [0.25, 0.3) is 0 Å². The molecule has 1 atom stereocenters. The van der Waals surface area contributed by atoms with E-state index in [1.807, 2.05) is 0 Å². The second-order valence-corrected chi connectivity index (χ2v) is 6.60. The first-order valence-electron chi connectivity index (χ1n) is 6.06. The van der Waals surface area contributed by atoms with Crippen LogP contribution in [0.2, 0.25) is 0 Å². The van der Waals surface area contributed by atoms with Gasteiger partial charge in [-0.15, -0.1) is 0 Å². The van der Waals surface area contributed by atoms with Crippen molar-refractivity contribution in [3.63, 3.8) is 0 Å². The van der Waals surface area contributed by atoms with Gasteiger partial charge in [0.1, 0.15) is 0 Å². The summed E-state index contributed by atoms with van der Waals surface area (Å²) >= 11 is 0. The summed E-state index contributed by atoms with van der Waals surface area (Å²) in [6, 6.07) is 0. The standard InChI is InChI=1S/C9H4F16O3S.Li/c10-2(1-3(11,12)13)4(14,15)5(16,17)6(18,19)7(20,21)8(22,23)9(24,25)29(26,27)28;/h2H,1H2,(H,26,27,28);/q;+1/p-1. The van der Waals surface area contributed by atoms with Crippen LogP contribution in [-0.4, -0.2) is 60.2 Å². The molecule has 0 aromatic carbocycles. The quantitative estimate of drug-likeness (QED) is 0.288. The Labute approximate surface area is 166 Å². The van der Waals surface area contributed by atoms with E-state index in [2.05, 4.69) is 0 Å². The van der Waals surface area contributed by atoms with Crippen molar-refractivity contribution in [3.05, 3.63) is 0 Å². The molecule has 0 saturated heterocycles. The van der Waals surface area contributed by atoms with Gasteiger partial charge in [0.05, 0.1) is 6.42 Å².